The molecule has 0 bridgehead atoms. The first-order valence-electron chi connectivity index (χ1n) is 5.84. The highest BCUT2D eigenvalue weighted by molar-refractivity contribution is 7.80. The molecule has 0 unspecified atom stereocenters. The summed E-state index contributed by atoms with van der Waals surface area (Å²) in [6.07, 6.45) is 0. The Labute approximate surface area is 124 Å². The number of rotatable bonds is 4. The minimum absolute atomic E-state index is 0.479. The lowest BCUT2D eigenvalue weighted by molar-refractivity contribution is 0.784. The van der Waals surface area contributed by atoms with E-state index in [0.29, 0.717) is 23.3 Å². The van der Waals surface area contributed by atoms with Crippen molar-refractivity contribution in [2.24, 2.45) is 0 Å². The Kier molecular flexibility index (Phi) is 6.84. The molecule has 0 saturated heterocycles. The second-order valence-corrected chi connectivity index (χ2v) is 4.87. The number of thiocarbonyl (C=S) groups is 2. The Morgan fingerprint density at radius 3 is 2.21 bits per heavy atom. The van der Waals surface area contributed by atoms with Gasteiger partial charge >= 0.3 is 0 Å². The van der Waals surface area contributed by atoms with Gasteiger partial charge < -0.3 is 10.6 Å². The summed E-state index contributed by atoms with van der Waals surface area (Å²) in [5.41, 5.74) is 7.78. The largest absolute Gasteiger partial charge is 0.358 e. The van der Waals surface area contributed by atoms with Gasteiger partial charge in [-0.2, -0.15) is 0 Å². The van der Waals surface area contributed by atoms with Gasteiger partial charge in [0.05, 0.1) is 0 Å². The average Bonchev–Trinajstić information content (AvgIpc) is 2.41. The second kappa shape index (κ2) is 8.44. The zero-order chi connectivity index (χ0) is 14.1. The molecule has 0 atom stereocenters. The number of hydrogen-bond acceptors (Lipinski definition) is 2. The SMILES string of the molecule is C=C(C)CNC(=S)NNC(=S)NCc1ccccc1. The third-order valence-corrected chi connectivity index (χ3v) is 2.63. The van der Waals surface area contributed by atoms with Gasteiger partial charge in [0.2, 0.25) is 0 Å². The molecule has 19 heavy (non-hydrogen) atoms. The molecule has 0 heterocycles. The molecule has 6 heteroatoms. The number of benzene rings is 1. The topological polar surface area (TPSA) is 48.1 Å². The zero-order valence-corrected chi connectivity index (χ0v) is 12.5. The van der Waals surface area contributed by atoms with E-state index in [2.05, 4.69) is 28.1 Å². The van der Waals surface area contributed by atoms with Crippen LogP contribution in [0.4, 0.5) is 0 Å². The fourth-order valence-corrected chi connectivity index (χ4v) is 1.46. The van der Waals surface area contributed by atoms with Gasteiger partial charge in [-0.05, 0) is 36.9 Å². The average molecular weight is 294 g/mol. The van der Waals surface area contributed by atoms with E-state index in [1.54, 1.807) is 0 Å². The van der Waals surface area contributed by atoms with Crippen LogP contribution < -0.4 is 21.5 Å². The van der Waals surface area contributed by atoms with Gasteiger partial charge in [0, 0.05) is 13.1 Å². The third kappa shape index (κ3) is 7.38. The van der Waals surface area contributed by atoms with E-state index in [4.69, 9.17) is 24.4 Å². The van der Waals surface area contributed by atoms with Crippen LogP contribution >= 0.6 is 24.4 Å². The second-order valence-electron chi connectivity index (χ2n) is 4.06. The first-order chi connectivity index (χ1) is 9.08. The van der Waals surface area contributed by atoms with Gasteiger partial charge in [-0.25, -0.2) is 0 Å². The van der Waals surface area contributed by atoms with Crippen molar-refractivity contribution >= 4 is 34.7 Å². The summed E-state index contributed by atoms with van der Waals surface area (Å²) >= 11 is 10.2. The minimum atomic E-state index is 0.479. The Morgan fingerprint density at radius 2 is 1.63 bits per heavy atom. The summed E-state index contributed by atoms with van der Waals surface area (Å²) < 4.78 is 0. The molecule has 1 aromatic carbocycles. The predicted octanol–water partition coefficient (Wildman–Crippen LogP) is 1.61. The predicted molar refractivity (Wildman–Crippen MR) is 87.6 cm³/mol. The standard InChI is InChI=1S/C13H18N4S2/c1-10(2)8-14-12(18)16-17-13(19)15-9-11-6-4-3-5-7-11/h3-7H,1,8-9H2,2H3,(H2,14,16,18)(H2,15,17,19). The van der Waals surface area contributed by atoms with Crippen LogP contribution in [0.3, 0.4) is 0 Å². The van der Waals surface area contributed by atoms with Crippen molar-refractivity contribution in [1.29, 1.82) is 0 Å². The molecule has 1 rings (SSSR count). The summed E-state index contributed by atoms with van der Waals surface area (Å²) in [5, 5.41) is 7.02. The summed E-state index contributed by atoms with van der Waals surface area (Å²) in [4.78, 5) is 0. The van der Waals surface area contributed by atoms with E-state index in [0.717, 1.165) is 11.1 Å². The molecule has 0 saturated carbocycles. The Balaban J connectivity index is 2.17. The zero-order valence-electron chi connectivity index (χ0n) is 10.8. The van der Waals surface area contributed by atoms with Crippen molar-refractivity contribution in [2.75, 3.05) is 6.54 Å². The fourth-order valence-electron chi connectivity index (χ4n) is 1.21. The molecule has 0 aromatic heterocycles. The van der Waals surface area contributed by atoms with E-state index < -0.39 is 0 Å². The van der Waals surface area contributed by atoms with E-state index in [1.165, 1.54) is 0 Å². The fraction of sp³-hybridized carbons (Fsp3) is 0.231. The summed E-state index contributed by atoms with van der Waals surface area (Å²) in [6, 6.07) is 10.0. The highest BCUT2D eigenvalue weighted by atomic mass is 32.1. The summed E-state index contributed by atoms with van der Waals surface area (Å²) in [7, 11) is 0. The maximum absolute atomic E-state index is 5.12. The number of hydrazine groups is 1. The first-order valence-corrected chi connectivity index (χ1v) is 6.65. The van der Waals surface area contributed by atoms with Gasteiger partial charge in [-0.1, -0.05) is 42.5 Å². The lowest BCUT2D eigenvalue weighted by Gasteiger charge is -2.14. The maximum atomic E-state index is 5.12. The smallest absolute Gasteiger partial charge is 0.185 e. The van der Waals surface area contributed by atoms with Gasteiger partial charge in [-0.15, -0.1) is 0 Å². The normalized spacial score (nSPS) is 9.32. The van der Waals surface area contributed by atoms with Gasteiger partial charge in [0.25, 0.3) is 0 Å². The maximum Gasteiger partial charge on any atom is 0.185 e. The molecule has 0 amide bonds. The van der Waals surface area contributed by atoms with Crippen molar-refractivity contribution in [3.8, 4) is 0 Å². The molecule has 102 valence electrons. The Hall–Kier alpha value is -1.66. The van der Waals surface area contributed by atoms with Crippen LogP contribution in [0.5, 0.6) is 0 Å². The van der Waals surface area contributed by atoms with Crippen LogP contribution in [0.2, 0.25) is 0 Å². The monoisotopic (exact) mass is 294 g/mol. The number of hydrogen-bond donors (Lipinski definition) is 4. The molecule has 0 aliphatic rings. The third-order valence-electron chi connectivity index (χ3n) is 2.14. The van der Waals surface area contributed by atoms with Crippen molar-refractivity contribution in [3.05, 3.63) is 48.0 Å². The van der Waals surface area contributed by atoms with Crippen LogP contribution in [0.15, 0.2) is 42.5 Å². The molecule has 0 aliphatic carbocycles. The van der Waals surface area contributed by atoms with Crippen molar-refractivity contribution in [1.82, 2.24) is 21.5 Å². The first kappa shape index (κ1) is 15.4. The molecule has 0 fully saturated rings. The molecule has 1 aromatic rings. The highest BCUT2D eigenvalue weighted by Crippen LogP contribution is 1.96. The van der Waals surface area contributed by atoms with E-state index in [-0.39, 0.29) is 0 Å². The quantitative estimate of drug-likeness (QED) is 0.384. The molecule has 0 radical (unpaired) electrons. The van der Waals surface area contributed by atoms with Crippen LogP contribution in [0.1, 0.15) is 12.5 Å². The molecular formula is C13H18N4S2. The van der Waals surface area contributed by atoms with E-state index in [1.807, 2.05) is 37.3 Å². The lowest BCUT2D eigenvalue weighted by Crippen LogP contribution is -2.50. The van der Waals surface area contributed by atoms with Crippen LogP contribution in [0, 0.1) is 0 Å². The summed E-state index contributed by atoms with van der Waals surface area (Å²) in [6.45, 7) is 7.01. The van der Waals surface area contributed by atoms with E-state index in [9.17, 15) is 0 Å². The minimum Gasteiger partial charge on any atom is -0.358 e. The van der Waals surface area contributed by atoms with Crippen molar-refractivity contribution in [3.63, 3.8) is 0 Å². The highest BCUT2D eigenvalue weighted by Gasteiger charge is 1.97. The Bertz CT molecular complexity index is 445. The van der Waals surface area contributed by atoms with Crippen LogP contribution in [-0.2, 0) is 6.54 Å². The molecule has 0 aliphatic heterocycles. The lowest BCUT2D eigenvalue weighted by atomic mass is 10.2. The van der Waals surface area contributed by atoms with E-state index >= 15 is 0 Å². The summed E-state index contributed by atoms with van der Waals surface area (Å²) in [5.74, 6) is 0. The molecular weight excluding hydrogens is 276 g/mol. The van der Waals surface area contributed by atoms with Gasteiger partial charge in [0.15, 0.2) is 10.2 Å². The van der Waals surface area contributed by atoms with Crippen LogP contribution in [-0.4, -0.2) is 16.8 Å². The van der Waals surface area contributed by atoms with Crippen LogP contribution in [0.25, 0.3) is 0 Å². The number of nitrogens with one attached hydrogen (secondary N) is 4. The van der Waals surface area contributed by atoms with Crippen molar-refractivity contribution in [2.45, 2.75) is 13.5 Å². The van der Waals surface area contributed by atoms with Gasteiger partial charge in [-0.3, -0.25) is 10.9 Å². The molecule has 4 N–H and O–H groups in total. The van der Waals surface area contributed by atoms with Crippen molar-refractivity contribution < 1.29 is 0 Å². The molecule has 4 nitrogen and oxygen atoms in total. The Morgan fingerprint density at radius 1 is 1.05 bits per heavy atom. The van der Waals surface area contributed by atoms with Gasteiger partial charge in [0.1, 0.15) is 0 Å². The molecule has 0 spiro atoms.